The molecule has 1 aromatic carbocycles. The predicted molar refractivity (Wildman–Crippen MR) is 73.0 cm³/mol. The predicted octanol–water partition coefficient (Wildman–Crippen LogP) is 1.82. The molecule has 8 heteroatoms. The lowest BCUT2D eigenvalue weighted by Crippen LogP contribution is -2.54. The Hall–Kier alpha value is -2.02. The lowest BCUT2D eigenvalue weighted by atomic mass is 10.3. The third kappa shape index (κ3) is 3.11. The lowest BCUT2D eigenvalue weighted by Gasteiger charge is -2.26. The van der Waals surface area contributed by atoms with Crippen LogP contribution in [0.15, 0.2) is 30.3 Å². The number of carbonyl (C=O) groups is 2. The molecule has 1 aliphatic rings. The minimum Gasteiger partial charge on any atom is -0.351 e. The number of benzene rings is 1. The van der Waals surface area contributed by atoms with E-state index in [9.17, 15) is 14.0 Å². The molecule has 3 atom stereocenters. The number of rotatable bonds is 2. The number of urea groups is 2. The van der Waals surface area contributed by atoms with E-state index in [1.807, 2.05) is 0 Å². The number of hydrogen-bond acceptors (Lipinski definition) is 2. The maximum Gasteiger partial charge on any atom is 0.320 e. The number of para-hydroxylation sites is 1. The number of carbonyl (C=O) groups excluding carboxylic acids is 2. The van der Waals surface area contributed by atoms with Gasteiger partial charge in [-0.2, -0.15) is 0 Å². The van der Waals surface area contributed by atoms with Crippen LogP contribution in [-0.4, -0.2) is 34.8 Å². The van der Waals surface area contributed by atoms with Crippen molar-refractivity contribution in [2.75, 3.05) is 5.32 Å². The molecule has 20 heavy (non-hydrogen) atoms. The maximum absolute atomic E-state index is 13.8. The zero-order valence-corrected chi connectivity index (χ0v) is 11.2. The van der Waals surface area contributed by atoms with E-state index in [0.717, 1.165) is 4.90 Å². The minimum atomic E-state index is -1.47. The summed E-state index contributed by atoms with van der Waals surface area (Å²) in [7, 11) is 0. The number of nitrogens with two attached hydrogens (primary N) is 1. The van der Waals surface area contributed by atoms with E-state index >= 15 is 0 Å². The fourth-order valence-electron chi connectivity index (χ4n) is 2.03. The van der Waals surface area contributed by atoms with Gasteiger partial charge in [-0.1, -0.05) is 29.8 Å². The average molecular weight is 301 g/mol. The standard InChI is InChI=1S/C12H14ClFN4O2/c13-9-6-8(14)10(18(9)11(15)19)17-12(20)16-7-4-2-1-3-5-7/h1-5,8-10H,6H2,(H2,15,19)(H2,16,17,20). The third-order valence-electron chi connectivity index (χ3n) is 2.93. The first-order valence-corrected chi connectivity index (χ1v) is 6.41. The molecule has 0 aliphatic carbocycles. The molecule has 0 aromatic heterocycles. The van der Waals surface area contributed by atoms with Crippen LogP contribution in [0.2, 0.25) is 0 Å². The van der Waals surface area contributed by atoms with Gasteiger partial charge in [0.1, 0.15) is 17.8 Å². The molecule has 0 saturated carbocycles. The number of nitrogens with one attached hydrogen (secondary N) is 2. The van der Waals surface area contributed by atoms with Crippen molar-refractivity contribution in [3.05, 3.63) is 30.3 Å². The first kappa shape index (κ1) is 14.4. The van der Waals surface area contributed by atoms with Crippen molar-refractivity contribution >= 4 is 29.4 Å². The van der Waals surface area contributed by atoms with E-state index in [1.165, 1.54) is 0 Å². The van der Waals surface area contributed by atoms with Crippen LogP contribution < -0.4 is 16.4 Å². The molecule has 6 nitrogen and oxygen atoms in total. The van der Waals surface area contributed by atoms with E-state index in [0.29, 0.717) is 5.69 Å². The minimum absolute atomic E-state index is 0.0826. The molecular weight excluding hydrogens is 287 g/mol. The molecule has 4 N–H and O–H groups in total. The number of hydrogen-bond donors (Lipinski definition) is 3. The van der Waals surface area contributed by atoms with Gasteiger partial charge in [0.15, 0.2) is 0 Å². The van der Waals surface area contributed by atoms with Crippen LogP contribution in [-0.2, 0) is 0 Å². The number of halogens is 2. The summed E-state index contributed by atoms with van der Waals surface area (Å²) in [5.41, 5.74) is 4.81. The van der Waals surface area contributed by atoms with E-state index in [-0.39, 0.29) is 6.42 Å². The van der Waals surface area contributed by atoms with Crippen molar-refractivity contribution in [3.8, 4) is 0 Å². The molecule has 1 aromatic rings. The highest BCUT2D eigenvalue weighted by Crippen LogP contribution is 2.27. The number of primary amides is 1. The summed E-state index contributed by atoms with van der Waals surface area (Å²) in [6.07, 6.45) is -2.72. The molecule has 0 spiro atoms. The zero-order chi connectivity index (χ0) is 14.7. The molecule has 0 bridgehead atoms. The van der Waals surface area contributed by atoms with Gasteiger partial charge in [-0.25, -0.2) is 14.0 Å². The first-order chi connectivity index (χ1) is 9.49. The highest BCUT2D eigenvalue weighted by molar-refractivity contribution is 6.21. The molecule has 1 saturated heterocycles. The Morgan fingerprint density at radius 3 is 2.60 bits per heavy atom. The Kier molecular flexibility index (Phi) is 4.29. The Balaban J connectivity index is 2.01. The van der Waals surface area contributed by atoms with Crippen LogP contribution in [0.4, 0.5) is 19.7 Å². The van der Waals surface area contributed by atoms with Gasteiger partial charge in [-0.15, -0.1) is 0 Å². The van der Waals surface area contributed by atoms with E-state index in [4.69, 9.17) is 17.3 Å². The van der Waals surface area contributed by atoms with Gasteiger partial charge in [0.05, 0.1) is 0 Å². The van der Waals surface area contributed by atoms with Crippen molar-refractivity contribution < 1.29 is 14.0 Å². The van der Waals surface area contributed by atoms with Crippen LogP contribution in [0.3, 0.4) is 0 Å². The van der Waals surface area contributed by atoms with Crippen molar-refractivity contribution in [1.29, 1.82) is 0 Å². The number of amides is 4. The van der Waals surface area contributed by atoms with E-state index in [1.54, 1.807) is 30.3 Å². The number of anilines is 1. The quantitative estimate of drug-likeness (QED) is 0.574. The molecule has 4 amide bonds. The number of alkyl halides is 2. The fourth-order valence-corrected chi connectivity index (χ4v) is 2.42. The number of likely N-dealkylation sites (tertiary alicyclic amines) is 1. The molecule has 1 aliphatic heterocycles. The highest BCUT2D eigenvalue weighted by Gasteiger charge is 2.43. The second kappa shape index (κ2) is 5.96. The van der Waals surface area contributed by atoms with Crippen LogP contribution in [0.1, 0.15) is 6.42 Å². The summed E-state index contributed by atoms with van der Waals surface area (Å²) in [5, 5.41) is 4.88. The molecule has 108 valence electrons. The first-order valence-electron chi connectivity index (χ1n) is 5.97. The van der Waals surface area contributed by atoms with Crippen molar-refractivity contribution in [1.82, 2.24) is 10.2 Å². The van der Waals surface area contributed by atoms with Crippen LogP contribution >= 0.6 is 11.6 Å². The second-order valence-corrected chi connectivity index (χ2v) is 4.84. The summed E-state index contributed by atoms with van der Waals surface area (Å²) in [6, 6.07) is 7.12. The third-order valence-corrected chi connectivity index (χ3v) is 3.32. The van der Waals surface area contributed by atoms with Crippen LogP contribution in [0.5, 0.6) is 0 Å². The Bertz CT molecular complexity index is 501. The van der Waals surface area contributed by atoms with E-state index in [2.05, 4.69) is 10.6 Å². The smallest absolute Gasteiger partial charge is 0.320 e. The summed E-state index contributed by atoms with van der Waals surface area (Å²) >= 11 is 5.82. The lowest BCUT2D eigenvalue weighted by molar-refractivity contribution is 0.163. The highest BCUT2D eigenvalue weighted by atomic mass is 35.5. The Morgan fingerprint density at radius 1 is 1.35 bits per heavy atom. The SMILES string of the molecule is NC(=O)N1C(Cl)CC(F)C1NC(=O)Nc1ccccc1. The topological polar surface area (TPSA) is 87.5 Å². The fraction of sp³-hybridized carbons (Fsp3) is 0.333. The van der Waals surface area contributed by atoms with Gasteiger partial charge in [0.25, 0.3) is 0 Å². The molecule has 1 fully saturated rings. The Morgan fingerprint density at radius 2 is 2.00 bits per heavy atom. The summed E-state index contributed by atoms with van der Waals surface area (Å²) in [6.45, 7) is 0. The monoisotopic (exact) mass is 300 g/mol. The zero-order valence-electron chi connectivity index (χ0n) is 10.4. The summed E-state index contributed by atoms with van der Waals surface area (Å²) in [4.78, 5) is 23.9. The van der Waals surface area contributed by atoms with Gasteiger partial charge in [-0.05, 0) is 12.1 Å². The van der Waals surface area contributed by atoms with Gasteiger partial charge < -0.3 is 16.4 Å². The van der Waals surface area contributed by atoms with E-state index < -0.39 is 29.9 Å². The Labute approximate surface area is 120 Å². The molecule has 0 radical (unpaired) electrons. The maximum atomic E-state index is 13.8. The van der Waals surface area contributed by atoms with Gasteiger partial charge >= 0.3 is 12.1 Å². The van der Waals surface area contributed by atoms with Crippen molar-refractivity contribution in [2.24, 2.45) is 5.73 Å². The molecule has 2 rings (SSSR count). The van der Waals surface area contributed by atoms with Crippen molar-refractivity contribution in [2.45, 2.75) is 24.3 Å². The molecule has 3 unspecified atom stereocenters. The van der Waals surface area contributed by atoms with Crippen LogP contribution in [0.25, 0.3) is 0 Å². The molecule has 1 heterocycles. The second-order valence-electron chi connectivity index (χ2n) is 4.34. The summed E-state index contributed by atoms with van der Waals surface area (Å²) < 4.78 is 13.8. The van der Waals surface area contributed by atoms with Gasteiger partial charge in [-0.3, -0.25) is 4.90 Å². The van der Waals surface area contributed by atoms with Crippen molar-refractivity contribution in [3.63, 3.8) is 0 Å². The summed E-state index contributed by atoms with van der Waals surface area (Å²) in [5.74, 6) is 0. The largest absolute Gasteiger partial charge is 0.351 e. The normalized spacial score (nSPS) is 25.3. The average Bonchev–Trinajstić information content (AvgIpc) is 2.65. The molecular formula is C12H14ClFN4O2. The van der Waals surface area contributed by atoms with Gasteiger partial charge in [0, 0.05) is 12.1 Å². The van der Waals surface area contributed by atoms with Crippen LogP contribution in [0, 0.1) is 0 Å². The van der Waals surface area contributed by atoms with Gasteiger partial charge in [0.2, 0.25) is 0 Å². The number of nitrogens with zero attached hydrogens (tertiary/aromatic N) is 1.